The van der Waals surface area contributed by atoms with E-state index in [0.29, 0.717) is 5.75 Å². The SMILES string of the molecule is CC.Fc1ccc(OC(CCN2CCN(c3ccccc3)CC2)c2ccccc2)cc1. The molecule has 0 aliphatic carbocycles. The van der Waals surface area contributed by atoms with Gasteiger partial charge in [-0.05, 0) is 42.0 Å². The zero-order valence-corrected chi connectivity index (χ0v) is 18.6. The summed E-state index contributed by atoms with van der Waals surface area (Å²) in [4.78, 5) is 4.95. The van der Waals surface area contributed by atoms with Gasteiger partial charge in [-0.1, -0.05) is 62.4 Å². The van der Waals surface area contributed by atoms with Crippen LogP contribution in [0.3, 0.4) is 0 Å². The summed E-state index contributed by atoms with van der Waals surface area (Å²) in [6.07, 6.45) is 0.848. The Morgan fingerprint density at radius 2 is 1.35 bits per heavy atom. The van der Waals surface area contributed by atoms with Crippen LogP contribution in [0.25, 0.3) is 0 Å². The third kappa shape index (κ3) is 6.83. The number of hydrogen-bond donors (Lipinski definition) is 0. The second kappa shape index (κ2) is 12.1. The maximum absolute atomic E-state index is 13.2. The molecule has 4 heteroatoms. The van der Waals surface area contributed by atoms with Crippen LogP contribution in [0, 0.1) is 5.82 Å². The van der Waals surface area contributed by atoms with Gasteiger partial charge < -0.3 is 9.64 Å². The molecule has 31 heavy (non-hydrogen) atoms. The molecule has 1 heterocycles. The van der Waals surface area contributed by atoms with Crippen molar-refractivity contribution in [1.29, 1.82) is 0 Å². The molecule has 4 rings (SSSR count). The average Bonchev–Trinajstić information content (AvgIpc) is 2.85. The van der Waals surface area contributed by atoms with Crippen molar-refractivity contribution in [2.45, 2.75) is 26.4 Å². The predicted molar refractivity (Wildman–Crippen MR) is 127 cm³/mol. The van der Waals surface area contributed by atoms with Gasteiger partial charge in [0.25, 0.3) is 0 Å². The number of anilines is 1. The molecule has 1 saturated heterocycles. The number of rotatable bonds is 7. The smallest absolute Gasteiger partial charge is 0.125 e. The van der Waals surface area contributed by atoms with E-state index in [-0.39, 0.29) is 11.9 Å². The molecule has 1 unspecified atom stereocenters. The van der Waals surface area contributed by atoms with Gasteiger partial charge >= 0.3 is 0 Å². The average molecular weight is 421 g/mol. The lowest BCUT2D eigenvalue weighted by molar-refractivity contribution is 0.160. The van der Waals surface area contributed by atoms with Crippen LogP contribution in [0.2, 0.25) is 0 Å². The lowest BCUT2D eigenvalue weighted by Crippen LogP contribution is -2.46. The highest BCUT2D eigenvalue weighted by Gasteiger charge is 2.20. The Labute approximate surface area is 186 Å². The first-order chi connectivity index (χ1) is 15.3. The zero-order chi connectivity index (χ0) is 21.9. The van der Waals surface area contributed by atoms with E-state index in [2.05, 4.69) is 52.3 Å². The summed E-state index contributed by atoms with van der Waals surface area (Å²) in [5.74, 6) is 0.457. The van der Waals surface area contributed by atoms with Gasteiger partial charge in [-0.2, -0.15) is 0 Å². The maximum Gasteiger partial charge on any atom is 0.125 e. The monoisotopic (exact) mass is 420 g/mol. The Bertz CT molecular complexity index is 863. The lowest BCUT2D eigenvalue weighted by atomic mass is 10.1. The van der Waals surface area contributed by atoms with Crippen molar-refractivity contribution in [1.82, 2.24) is 4.90 Å². The summed E-state index contributed by atoms with van der Waals surface area (Å²) in [5, 5.41) is 0. The number of para-hydroxylation sites is 1. The minimum absolute atomic E-state index is 0.0474. The van der Waals surface area contributed by atoms with Gasteiger partial charge in [-0.25, -0.2) is 4.39 Å². The van der Waals surface area contributed by atoms with E-state index in [9.17, 15) is 4.39 Å². The molecule has 164 valence electrons. The highest BCUT2D eigenvalue weighted by Crippen LogP contribution is 2.26. The molecule has 0 bridgehead atoms. The molecule has 0 N–H and O–H groups in total. The van der Waals surface area contributed by atoms with Crippen molar-refractivity contribution in [3.63, 3.8) is 0 Å². The normalized spacial score (nSPS) is 15.0. The fraction of sp³-hybridized carbons (Fsp3) is 0.333. The van der Waals surface area contributed by atoms with Crippen molar-refractivity contribution in [2.75, 3.05) is 37.6 Å². The summed E-state index contributed by atoms with van der Waals surface area (Å²) >= 11 is 0. The molecule has 1 fully saturated rings. The van der Waals surface area contributed by atoms with E-state index in [4.69, 9.17) is 4.74 Å². The zero-order valence-electron chi connectivity index (χ0n) is 18.6. The Hall–Kier alpha value is -2.85. The molecule has 0 saturated carbocycles. The second-order valence-corrected chi connectivity index (χ2v) is 7.42. The van der Waals surface area contributed by atoms with Crippen LogP contribution in [0.4, 0.5) is 10.1 Å². The predicted octanol–water partition coefficient (Wildman–Crippen LogP) is 6.18. The van der Waals surface area contributed by atoms with Crippen molar-refractivity contribution in [3.8, 4) is 5.75 Å². The van der Waals surface area contributed by atoms with Crippen LogP contribution in [0.1, 0.15) is 31.9 Å². The van der Waals surface area contributed by atoms with E-state index >= 15 is 0 Å². The van der Waals surface area contributed by atoms with Crippen LogP contribution < -0.4 is 9.64 Å². The standard InChI is InChI=1S/C25H27FN2O.C2H6/c26-22-11-13-24(14-12-22)29-25(21-7-3-1-4-8-21)15-16-27-17-19-28(20-18-27)23-9-5-2-6-10-23;1-2/h1-14,25H,15-20H2;1-2H3. The van der Waals surface area contributed by atoms with Crippen molar-refractivity contribution < 1.29 is 9.13 Å². The molecule has 1 atom stereocenters. The highest BCUT2D eigenvalue weighted by atomic mass is 19.1. The van der Waals surface area contributed by atoms with E-state index in [1.165, 1.54) is 17.8 Å². The first-order valence-electron chi connectivity index (χ1n) is 11.3. The van der Waals surface area contributed by atoms with Crippen molar-refractivity contribution >= 4 is 5.69 Å². The summed E-state index contributed by atoms with van der Waals surface area (Å²) < 4.78 is 19.5. The van der Waals surface area contributed by atoms with E-state index < -0.39 is 0 Å². The van der Waals surface area contributed by atoms with Crippen LogP contribution in [0.15, 0.2) is 84.9 Å². The Balaban J connectivity index is 0.00000132. The number of hydrogen-bond acceptors (Lipinski definition) is 3. The van der Waals surface area contributed by atoms with Gasteiger partial charge in [0.1, 0.15) is 17.7 Å². The fourth-order valence-electron chi connectivity index (χ4n) is 3.81. The number of ether oxygens (including phenoxy) is 1. The Morgan fingerprint density at radius 1 is 0.774 bits per heavy atom. The van der Waals surface area contributed by atoms with Gasteiger partial charge in [-0.3, -0.25) is 4.90 Å². The molecule has 3 nitrogen and oxygen atoms in total. The van der Waals surface area contributed by atoms with Gasteiger partial charge in [0, 0.05) is 44.8 Å². The molecule has 0 radical (unpaired) electrons. The number of nitrogens with zero attached hydrogens (tertiary/aromatic N) is 2. The molecule has 0 spiro atoms. The molecule has 1 aliphatic rings. The molecule has 0 amide bonds. The van der Waals surface area contributed by atoms with Crippen LogP contribution in [-0.4, -0.2) is 37.6 Å². The Morgan fingerprint density at radius 3 is 1.97 bits per heavy atom. The topological polar surface area (TPSA) is 15.7 Å². The summed E-state index contributed by atoms with van der Waals surface area (Å²) in [6, 6.07) is 27.2. The van der Waals surface area contributed by atoms with Crippen LogP contribution in [-0.2, 0) is 0 Å². The third-order valence-corrected chi connectivity index (χ3v) is 5.46. The molecule has 3 aromatic rings. The maximum atomic E-state index is 13.2. The molecular formula is C27H33FN2O. The first kappa shape index (κ1) is 22.8. The number of benzene rings is 3. The van der Waals surface area contributed by atoms with Crippen LogP contribution >= 0.6 is 0 Å². The molecule has 0 aromatic heterocycles. The number of halogens is 1. The minimum atomic E-state index is -0.245. The second-order valence-electron chi connectivity index (χ2n) is 7.42. The summed E-state index contributed by atoms with van der Waals surface area (Å²) in [7, 11) is 0. The van der Waals surface area contributed by atoms with Gasteiger partial charge in [0.2, 0.25) is 0 Å². The fourth-order valence-corrected chi connectivity index (χ4v) is 3.81. The molecular weight excluding hydrogens is 387 g/mol. The minimum Gasteiger partial charge on any atom is -0.486 e. The van der Waals surface area contributed by atoms with E-state index in [1.54, 1.807) is 12.1 Å². The van der Waals surface area contributed by atoms with E-state index in [1.807, 2.05) is 32.0 Å². The van der Waals surface area contributed by atoms with E-state index in [0.717, 1.165) is 44.7 Å². The molecule has 3 aromatic carbocycles. The summed E-state index contributed by atoms with van der Waals surface area (Å²) in [6.45, 7) is 9.15. The van der Waals surface area contributed by atoms with Gasteiger partial charge in [0.05, 0.1) is 0 Å². The number of piperazine rings is 1. The highest BCUT2D eigenvalue weighted by molar-refractivity contribution is 5.46. The van der Waals surface area contributed by atoms with Crippen LogP contribution in [0.5, 0.6) is 5.75 Å². The summed E-state index contributed by atoms with van der Waals surface area (Å²) in [5.41, 5.74) is 2.45. The lowest BCUT2D eigenvalue weighted by Gasteiger charge is -2.36. The first-order valence-corrected chi connectivity index (χ1v) is 11.3. The van der Waals surface area contributed by atoms with Crippen molar-refractivity contribution in [3.05, 3.63) is 96.3 Å². The quantitative estimate of drug-likeness (QED) is 0.454. The Kier molecular flexibility index (Phi) is 8.92. The van der Waals surface area contributed by atoms with Gasteiger partial charge in [-0.15, -0.1) is 0 Å². The largest absolute Gasteiger partial charge is 0.486 e. The van der Waals surface area contributed by atoms with Crippen molar-refractivity contribution in [2.24, 2.45) is 0 Å². The molecule has 1 aliphatic heterocycles. The third-order valence-electron chi connectivity index (χ3n) is 5.46. The van der Waals surface area contributed by atoms with Gasteiger partial charge in [0.15, 0.2) is 0 Å².